The van der Waals surface area contributed by atoms with Crippen LogP contribution in [-0.2, 0) is 6.42 Å². The van der Waals surface area contributed by atoms with Gasteiger partial charge in [-0.1, -0.05) is 24.6 Å². The fourth-order valence-electron chi connectivity index (χ4n) is 2.33. The zero-order chi connectivity index (χ0) is 11.5. The molecule has 1 aromatic carbocycles. The lowest BCUT2D eigenvalue weighted by Gasteiger charge is -2.28. The van der Waals surface area contributed by atoms with Crippen molar-refractivity contribution in [1.29, 1.82) is 0 Å². The van der Waals surface area contributed by atoms with Crippen LogP contribution in [0.15, 0.2) is 18.2 Å². The molecule has 0 aliphatic carbocycles. The van der Waals surface area contributed by atoms with Crippen LogP contribution in [0.4, 0.5) is 4.39 Å². The summed E-state index contributed by atoms with van der Waals surface area (Å²) in [7, 11) is 0. The summed E-state index contributed by atoms with van der Waals surface area (Å²) >= 11 is 6.02. The zero-order valence-corrected chi connectivity index (χ0v) is 10.2. The third-order valence-corrected chi connectivity index (χ3v) is 3.59. The molecular weight excluding hydrogens is 225 g/mol. The molecule has 1 aliphatic rings. The van der Waals surface area contributed by atoms with Gasteiger partial charge in [-0.05, 0) is 49.4 Å². The molecule has 88 valence electrons. The maximum atomic E-state index is 12.9. The summed E-state index contributed by atoms with van der Waals surface area (Å²) in [5.41, 5.74) is 1.04. The molecule has 16 heavy (non-hydrogen) atoms. The topological polar surface area (TPSA) is 12.0 Å². The summed E-state index contributed by atoms with van der Waals surface area (Å²) in [5, 5.41) is 4.03. The summed E-state index contributed by atoms with van der Waals surface area (Å²) in [5.74, 6) is 0.504. The van der Waals surface area contributed by atoms with Crippen LogP contribution in [0.1, 0.15) is 25.3 Å². The van der Waals surface area contributed by atoms with Crippen LogP contribution < -0.4 is 5.32 Å². The highest BCUT2D eigenvalue weighted by molar-refractivity contribution is 6.31. The normalized spacial score (nSPS) is 25.7. The van der Waals surface area contributed by atoms with Gasteiger partial charge in [0.05, 0.1) is 0 Å². The number of halogens is 2. The van der Waals surface area contributed by atoms with Crippen LogP contribution in [0.3, 0.4) is 0 Å². The Balaban J connectivity index is 2.02. The predicted octanol–water partition coefficient (Wildman–Crippen LogP) is 3.41. The molecule has 2 rings (SSSR count). The number of nitrogens with one attached hydrogen (secondary N) is 1. The first-order chi connectivity index (χ1) is 7.65. The van der Waals surface area contributed by atoms with Gasteiger partial charge in [0.15, 0.2) is 0 Å². The van der Waals surface area contributed by atoms with Crippen molar-refractivity contribution >= 4 is 11.6 Å². The number of rotatable bonds is 2. The van der Waals surface area contributed by atoms with Gasteiger partial charge in [-0.15, -0.1) is 0 Å². The molecule has 1 N–H and O–H groups in total. The third-order valence-electron chi connectivity index (χ3n) is 3.24. The van der Waals surface area contributed by atoms with Crippen LogP contribution in [-0.4, -0.2) is 12.6 Å². The third kappa shape index (κ3) is 2.96. The van der Waals surface area contributed by atoms with E-state index in [0.717, 1.165) is 24.4 Å². The number of benzene rings is 1. The van der Waals surface area contributed by atoms with E-state index in [-0.39, 0.29) is 5.82 Å². The Morgan fingerprint density at radius 1 is 1.50 bits per heavy atom. The molecule has 2 unspecified atom stereocenters. The van der Waals surface area contributed by atoms with Crippen molar-refractivity contribution in [3.8, 4) is 0 Å². The van der Waals surface area contributed by atoms with Gasteiger partial charge in [0.1, 0.15) is 5.82 Å². The summed E-state index contributed by atoms with van der Waals surface area (Å²) in [6.45, 7) is 3.35. The van der Waals surface area contributed by atoms with Gasteiger partial charge in [-0.2, -0.15) is 0 Å². The largest absolute Gasteiger partial charge is 0.314 e. The summed E-state index contributed by atoms with van der Waals surface area (Å²) in [4.78, 5) is 0. The molecule has 1 saturated heterocycles. The minimum atomic E-state index is -0.265. The van der Waals surface area contributed by atoms with Crippen molar-refractivity contribution in [2.75, 3.05) is 6.54 Å². The minimum absolute atomic E-state index is 0.265. The van der Waals surface area contributed by atoms with Crippen molar-refractivity contribution < 1.29 is 4.39 Å². The lowest BCUT2D eigenvalue weighted by Crippen LogP contribution is -2.38. The molecule has 3 heteroatoms. The second kappa shape index (κ2) is 5.15. The molecule has 1 aromatic rings. The van der Waals surface area contributed by atoms with Gasteiger partial charge in [0.25, 0.3) is 0 Å². The highest BCUT2D eigenvalue weighted by Gasteiger charge is 2.19. The Kier molecular flexibility index (Phi) is 3.82. The van der Waals surface area contributed by atoms with E-state index >= 15 is 0 Å². The van der Waals surface area contributed by atoms with E-state index < -0.39 is 0 Å². The Morgan fingerprint density at radius 2 is 2.31 bits per heavy atom. The first-order valence-corrected chi connectivity index (χ1v) is 6.20. The van der Waals surface area contributed by atoms with Gasteiger partial charge in [0, 0.05) is 11.1 Å². The van der Waals surface area contributed by atoms with E-state index in [2.05, 4.69) is 12.2 Å². The van der Waals surface area contributed by atoms with Crippen molar-refractivity contribution in [3.63, 3.8) is 0 Å². The molecule has 0 bridgehead atoms. The first kappa shape index (κ1) is 11.9. The molecule has 2 atom stereocenters. The summed E-state index contributed by atoms with van der Waals surface area (Å²) in [6.07, 6.45) is 3.31. The standard InChI is InChI=1S/C13H17ClFN/c1-9-4-5-16-12(6-9)7-10-2-3-11(15)8-13(10)14/h2-3,8-9,12,16H,4-7H2,1H3. The molecule has 1 fully saturated rings. The summed E-state index contributed by atoms with van der Waals surface area (Å²) < 4.78 is 12.9. The molecule has 0 aromatic heterocycles. The van der Waals surface area contributed by atoms with E-state index in [1.165, 1.54) is 25.0 Å². The van der Waals surface area contributed by atoms with Crippen molar-refractivity contribution in [2.24, 2.45) is 5.92 Å². The molecule has 0 amide bonds. The van der Waals surface area contributed by atoms with Gasteiger partial charge in [-0.3, -0.25) is 0 Å². The highest BCUT2D eigenvalue weighted by atomic mass is 35.5. The molecule has 0 radical (unpaired) electrons. The fourth-order valence-corrected chi connectivity index (χ4v) is 2.57. The van der Waals surface area contributed by atoms with Gasteiger partial charge in [0.2, 0.25) is 0 Å². The van der Waals surface area contributed by atoms with Crippen LogP contribution >= 0.6 is 11.6 Å². The number of hydrogen-bond donors (Lipinski definition) is 1. The van der Waals surface area contributed by atoms with Crippen LogP contribution in [0, 0.1) is 11.7 Å². The number of piperidine rings is 1. The van der Waals surface area contributed by atoms with E-state index in [9.17, 15) is 4.39 Å². The van der Waals surface area contributed by atoms with Gasteiger partial charge >= 0.3 is 0 Å². The van der Waals surface area contributed by atoms with Crippen LogP contribution in [0.2, 0.25) is 5.02 Å². The van der Waals surface area contributed by atoms with E-state index in [1.54, 1.807) is 6.07 Å². The average Bonchev–Trinajstić information content (AvgIpc) is 2.22. The molecule has 1 nitrogen and oxygen atoms in total. The van der Waals surface area contributed by atoms with Crippen molar-refractivity contribution in [3.05, 3.63) is 34.6 Å². The quantitative estimate of drug-likeness (QED) is 0.837. The summed E-state index contributed by atoms with van der Waals surface area (Å²) in [6, 6.07) is 5.14. The molecule has 1 heterocycles. The van der Waals surface area contributed by atoms with E-state index in [1.807, 2.05) is 0 Å². The Labute approximate surface area is 101 Å². The van der Waals surface area contributed by atoms with E-state index in [4.69, 9.17) is 11.6 Å². The second-order valence-corrected chi connectivity index (χ2v) is 5.13. The molecule has 0 spiro atoms. The lowest BCUT2D eigenvalue weighted by atomic mass is 9.90. The number of hydrogen-bond acceptors (Lipinski definition) is 1. The molecule has 0 saturated carbocycles. The second-order valence-electron chi connectivity index (χ2n) is 4.72. The predicted molar refractivity (Wildman–Crippen MR) is 65.3 cm³/mol. The van der Waals surface area contributed by atoms with Crippen molar-refractivity contribution in [1.82, 2.24) is 5.32 Å². The first-order valence-electron chi connectivity index (χ1n) is 5.82. The maximum Gasteiger partial charge on any atom is 0.124 e. The zero-order valence-electron chi connectivity index (χ0n) is 9.47. The fraction of sp³-hybridized carbons (Fsp3) is 0.538. The van der Waals surface area contributed by atoms with Gasteiger partial charge in [-0.25, -0.2) is 4.39 Å². The average molecular weight is 242 g/mol. The van der Waals surface area contributed by atoms with E-state index in [0.29, 0.717) is 11.1 Å². The Hall–Kier alpha value is -0.600. The monoisotopic (exact) mass is 241 g/mol. The smallest absolute Gasteiger partial charge is 0.124 e. The van der Waals surface area contributed by atoms with Crippen LogP contribution in [0.5, 0.6) is 0 Å². The highest BCUT2D eigenvalue weighted by Crippen LogP contribution is 2.23. The lowest BCUT2D eigenvalue weighted by molar-refractivity contribution is 0.318. The molecular formula is C13H17ClFN. The minimum Gasteiger partial charge on any atom is -0.314 e. The SMILES string of the molecule is CC1CCNC(Cc2ccc(F)cc2Cl)C1. The van der Waals surface area contributed by atoms with Crippen molar-refractivity contribution in [2.45, 2.75) is 32.2 Å². The van der Waals surface area contributed by atoms with Crippen LogP contribution in [0.25, 0.3) is 0 Å². The Morgan fingerprint density at radius 3 is 3.00 bits per heavy atom. The van der Waals surface area contributed by atoms with Gasteiger partial charge < -0.3 is 5.32 Å². The maximum absolute atomic E-state index is 12.9. The molecule has 1 aliphatic heterocycles. The Bertz CT molecular complexity index is 367.